The summed E-state index contributed by atoms with van der Waals surface area (Å²) in [5.74, 6) is 0.260. The molecule has 0 atom stereocenters. The highest BCUT2D eigenvalue weighted by Gasteiger charge is 2.10. The summed E-state index contributed by atoms with van der Waals surface area (Å²) >= 11 is 0. The number of benzene rings is 1. The largest absolute Gasteiger partial charge is 0.495 e. The van der Waals surface area contributed by atoms with Crippen molar-refractivity contribution in [3.63, 3.8) is 0 Å². The topological polar surface area (TPSA) is 90.4 Å². The number of carbonyl (C=O) groups is 1. The van der Waals surface area contributed by atoms with Crippen molar-refractivity contribution < 1.29 is 14.1 Å². The van der Waals surface area contributed by atoms with Crippen molar-refractivity contribution in [1.82, 2.24) is 5.16 Å². The van der Waals surface area contributed by atoms with Crippen LogP contribution in [0.2, 0.25) is 0 Å². The van der Waals surface area contributed by atoms with E-state index in [1.165, 1.54) is 19.4 Å². The van der Waals surface area contributed by atoms with Crippen molar-refractivity contribution in [2.75, 3.05) is 18.2 Å². The summed E-state index contributed by atoms with van der Waals surface area (Å²) in [5.41, 5.74) is 6.73. The van der Waals surface area contributed by atoms with Crippen LogP contribution in [0.5, 0.6) is 5.75 Å². The number of aromatic nitrogens is 1. The summed E-state index contributed by atoms with van der Waals surface area (Å²) in [6.07, 6.45) is 1.40. The molecule has 0 fully saturated rings. The Labute approximate surface area is 97.3 Å². The maximum absolute atomic E-state index is 11.6. The van der Waals surface area contributed by atoms with Crippen molar-refractivity contribution in [2.45, 2.75) is 0 Å². The molecule has 0 aliphatic heterocycles. The van der Waals surface area contributed by atoms with Crippen molar-refractivity contribution >= 4 is 17.3 Å². The molecule has 2 rings (SSSR count). The van der Waals surface area contributed by atoms with Gasteiger partial charge in [0.2, 0.25) is 5.76 Å². The van der Waals surface area contributed by atoms with E-state index >= 15 is 0 Å². The van der Waals surface area contributed by atoms with Gasteiger partial charge in [0, 0.05) is 17.8 Å². The average molecular weight is 233 g/mol. The Morgan fingerprint density at radius 2 is 2.29 bits per heavy atom. The number of methoxy groups -OCH3 is 1. The molecule has 3 N–H and O–H groups in total. The molecule has 0 unspecified atom stereocenters. The van der Waals surface area contributed by atoms with Crippen LogP contribution < -0.4 is 15.8 Å². The Balaban J connectivity index is 2.16. The summed E-state index contributed by atoms with van der Waals surface area (Å²) in [6, 6.07) is 6.43. The SMILES string of the molecule is COc1cc(NC(=O)c2ccno2)ccc1N. The normalized spacial score (nSPS) is 9.94. The van der Waals surface area contributed by atoms with Crippen molar-refractivity contribution in [1.29, 1.82) is 0 Å². The standard InChI is InChI=1S/C11H11N3O3/c1-16-10-6-7(2-3-8(10)12)14-11(15)9-4-5-13-17-9/h2-6H,12H2,1H3,(H,14,15). The molecule has 17 heavy (non-hydrogen) atoms. The molecule has 1 aromatic heterocycles. The fourth-order valence-corrected chi connectivity index (χ4v) is 1.31. The van der Waals surface area contributed by atoms with Gasteiger partial charge in [-0.3, -0.25) is 4.79 Å². The molecule has 0 aliphatic carbocycles. The van der Waals surface area contributed by atoms with Crippen LogP contribution in [0.4, 0.5) is 11.4 Å². The fraction of sp³-hybridized carbons (Fsp3) is 0.0909. The maximum atomic E-state index is 11.6. The zero-order chi connectivity index (χ0) is 12.3. The van der Waals surface area contributed by atoms with Crippen molar-refractivity contribution in [3.05, 3.63) is 36.2 Å². The lowest BCUT2D eigenvalue weighted by Crippen LogP contribution is -2.11. The zero-order valence-electron chi connectivity index (χ0n) is 9.14. The summed E-state index contributed by atoms with van der Waals surface area (Å²) < 4.78 is 9.78. The quantitative estimate of drug-likeness (QED) is 0.784. The van der Waals surface area contributed by atoms with Gasteiger partial charge in [-0.2, -0.15) is 0 Å². The van der Waals surface area contributed by atoms with Gasteiger partial charge in [-0.25, -0.2) is 0 Å². The van der Waals surface area contributed by atoms with Gasteiger partial charge >= 0.3 is 0 Å². The monoisotopic (exact) mass is 233 g/mol. The summed E-state index contributed by atoms with van der Waals surface area (Å²) in [5, 5.41) is 6.09. The number of amides is 1. The van der Waals surface area contributed by atoms with E-state index in [0.29, 0.717) is 17.1 Å². The second kappa shape index (κ2) is 4.56. The lowest BCUT2D eigenvalue weighted by atomic mass is 10.2. The highest BCUT2D eigenvalue weighted by molar-refractivity contribution is 6.02. The molecule has 0 bridgehead atoms. The highest BCUT2D eigenvalue weighted by Crippen LogP contribution is 2.25. The predicted octanol–water partition coefficient (Wildman–Crippen LogP) is 1.52. The number of hydrogen-bond acceptors (Lipinski definition) is 5. The summed E-state index contributed by atoms with van der Waals surface area (Å²) in [4.78, 5) is 11.6. The second-order valence-corrected chi connectivity index (χ2v) is 3.29. The predicted molar refractivity (Wildman–Crippen MR) is 61.9 cm³/mol. The first-order valence-corrected chi connectivity index (χ1v) is 4.86. The number of hydrogen-bond donors (Lipinski definition) is 2. The van der Waals surface area contributed by atoms with Crippen LogP contribution >= 0.6 is 0 Å². The molecule has 1 heterocycles. The molecule has 88 valence electrons. The highest BCUT2D eigenvalue weighted by atomic mass is 16.5. The molecule has 0 spiro atoms. The molecule has 0 aliphatic rings. The number of nitrogens with two attached hydrogens (primary N) is 1. The average Bonchev–Trinajstić information content (AvgIpc) is 2.85. The lowest BCUT2D eigenvalue weighted by molar-refractivity contribution is 0.0988. The molecule has 0 radical (unpaired) electrons. The van der Waals surface area contributed by atoms with Gasteiger partial charge in [0.1, 0.15) is 5.75 Å². The van der Waals surface area contributed by atoms with Gasteiger partial charge in [0.25, 0.3) is 5.91 Å². The van der Waals surface area contributed by atoms with Gasteiger partial charge in [-0.15, -0.1) is 0 Å². The van der Waals surface area contributed by atoms with Crippen molar-refractivity contribution in [2.24, 2.45) is 0 Å². The van der Waals surface area contributed by atoms with Gasteiger partial charge in [-0.05, 0) is 12.1 Å². The van der Waals surface area contributed by atoms with E-state index in [-0.39, 0.29) is 11.7 Å². The van der Waals surface area contributed by atoms with E-state index in [0.717, 1.165) is 0 Å². The lowest BCUT2D eigenvalue weighted by Gasteiger charge is -2.07. The van der Waals surface area contributed by atoms with E-state index in [9.17, 15) is 4.79 Å². The number of carbonyl (C=O) groups excluding carboxylic acids is 1. The Morgan fingerprint density at radius 1 is 1.47 bits per heavy atom. The summed E-state index contributed by atoms with van der Waals surface area (Å²) in [6.45, 7) is 0. The van der Waals surface area contributed by atoms with Gasteiger partial charge in [-0.1, -0.05) is 5.16 Å². The molecular formula is C11H11N3O3. The van der Waals surface area contributed by atoms with E-state index < -0.39 is 0 Å². The first kappa shape index (κ1) is 11.0. The molecule has 6 heteroatoms. The van der Waals surface area contributed by atoms with Crippen LogP contribution in [-0.4, -0.2) is 18.2 Å². The van der Waals surface area contributed by atoms with Gasteiger partial charge in [0.05, 0.1) is 19.0 Å². The minimum absolute atomic E-state index is 0.140. The Morgan fingerprint density at radius 3 is 2.94 bits per heavy atom. The molecular weight excluding hydrogens is 222 g/mol. The second-order valence-electron chi connectivity index (χ2n) is 3.29. The van der Waals surface area contributed by atoms with Crippen LogP contribution in [0.1, 0.15) is 10.6 Å². The molecule has 1 aromatic carbocycles. The van der Waals surface area contributed by atoms with E-state index in [2.05, 4.69) is 10.5 Å². The van der Waals surface area contributed by atoms with E-state index in [4.69, 9.17) is 15.0 Å². The number of ether oxygens (including phenoxy) is 1. The Hall–Kier alpha value is -2.50. The van der Waals surface area contributed by atoms with Crippen LogP contribution in [-0.2, 0) is 0 Å². The number of anilines is 2. The van der Waals surface area contributed by atoms with Crippen molar-refractivity contribution in [3.8, 4) is 5.75 Å². The number of nitrogen functional groups attached to an aromatic ring is 1. The first-order chi connectivity index (χ1) is 8.20. The third kappa shape index (κ3) is 2.36. The van der Waals surface area contributed by atoms with Crippen LogP contribution in [0, 0.1) is 0 Å². The zero-order valence-corrected chi connectivity index (χ0v) is 9.14. The van der Waals surface area contributed by atoms with Gasteiger partial charge in [0.15, 0.2) is 0 Å². The minimum atomic E-state index is -0.380. The number of nitrogens with one attached hydrogen (secondary N) is 1. The van der Waals surface area contributed by atoms with Crippen LogP contribution in [0.3, 0.4) is 0 Å². The number of rotatable bonds is 3. The van der Waals surface area contributed by atoms with Gasteiger partial charge < -0.3 is 20.3 Å². The Bertz CT molecular complexity index is 523. The molecule has 0 saturated heterocycles. The smallest absolute Gasteiger partial charge is 0.294 e. The molecule has 1 amide bonds. The molecule has 2 aromatic rings. The molecule has 0 saturated carbocycles. The first-order valence-electron chi connectivity index (χ1n) is 4.86. The van der Waals surface area contributed by atoms with E-state index in [1.807, 2.05) is 0 Å². The van der Waals surface area contributed by atoms with Crippen LogP contribution in [0.25, 0.3) is 0 Å². The minimum Gasteiger partial charge on any atom is -0.495 e. The summed E-state index contributed by atoms with van der Waals surface area (Å²) in [7, 11) is 1.51. The maximum Gasteiger partial charge on any atom is 0.294 e. The third-order valence-electron chi connectivity index (χ3n) is 2.15. The van der Waals surface area contributed by atoms with E-state index in [1.54, 1.807) is 18.2 Å². The third-order valence-corrected chi connectivity index (χ3v) is 2.15. The molecule has 6 nitrogen and oxygen atoms in total. The van der Waals surface area contributed by atoms with Crippen LogP contribution in [0.15, 0.2) is 35.0 Å². The number of nitrogens with zero attached hydrogens (tertiary/aromatic N) is 1. The Kier molecular flexibility index (Phi) is 2.95. The fourth-order valence-electron chi connectivity index (χ4n) is 1.31.